The zero-order chi connectivity index (χ0) is 14.7. The van der Waals surface area contributed by atoms with Gasteiger partial charge in [0.15, 0.2) is 0 Å². The Hall–Kier alpha value is -1.79. The molecule has 0 radical (unpaired) electrons. The molecule has 2 heterocycles. The molecule has 1 atom stereocenters. The van der Waals surface area contributed by atoms with E-state index >= 15 is 0 Å². The van der Waals surface area contributed by atoms with Gasteiger partial charge < -0.3 is 5.32 Å². The minimum Gasteiger partial charge on any atom is -0.313 e. The van der Waals surface area contributed by atoms with Gasteiger partial charge in [-0.05, 0) is 38.1 Å². The number of fused-ring (bicyclic) bond motifs is 1. The molecule has 0 spiro atoms. The van der Waals surface area contributed by atoms with Crippen LogP contribution in [0, 0.1) is 0 Å². The summed E-state index contributed by atoms with van der Waals surface area (Å²) >= 11 is 0. The number of nitrogens with one attached hydrogen (secondary N) is 1. The second kappa shape index (κ2) is 6.32. The summed E-state index contributed by atoms with van der Waals surface area (Å²) in [4.78, 5) is 14.7. The van der Waals surface area contributed by atoms with Crippen LogP contribution in [0.4, 0.5) is 0 Å². The van der Waals surface area contributed by atoms with Crippen molar-refractivity contribution in [1.82, 2.24) is 25.2 Å². The highest BCUT2D eigenvalue weighted by Crippen LogP contribution is 2.08. The minimum atomic E-state index is -0.0709. The van der Waals surface area contributed by atoms with Crippen molar-refractivity contribution in [1.29, 1.82) is 0 Å². The topological polar surface area (TPSA) is 63.1 Å². The molecule has 0 aliphatic carbocycles. The first-order chi connectivity index (χ1) is 10.3. The molecular formula is C15H21N5O. The zero-order valence-corrected chi connectivity index (χ0v) is 12.3. The van der Waals surface area contributed by atoms with Crippen molar-refractivity contribution in [3.63, 3.8) is 0 Å². The molecule has 112 valence electrons. The summed E-state index contributed by atoms with van der Waals surface area (Å²) in [5.41, 5.74) is 0.581. The Morgan fingerprint density at radius 1 is 1.43 bits per heavy atom. The van der Waals surface area contributed by atoms with Crippen molar-refractivity contribution >= 4 is 10.9 Å². The maximum atomic E-state index is 12.4. The summed E-state index contributed by atoms with van der Waals surface area (Å²) in [5.74, 6) is 0. The number of likely N-dealkylation sites (N-methyl/N-ethyl adjacent to an activating group) is 1. The van der Waals surface area contributed by atoms with Gasteiger partial charge in [-0.1, -0.05) is 24.3 Å². The Balaban J connectivity index is 1.79. The molecule has 2 aromatic rings. The van der Waals surface area contributed by atoms with Crippen molar-refractivity contribution in [3.8, 4) is 0 Å². The highest BCUT2D eigenvalue weighted by atomic mass is 16.1. The molecule has 1 aliphatic rings. The number of benzene rings is 1. The summed E-state index contributed by atoms with van der Waals surface area (Å²) in [6.07, 6.45) is 2.44. The lowest BCUT2D eigenvalue weighted by Gasteiger charge is -2.24. The molecule has 1 fully saturated rings. The Morgan fingerprint density at radius 2 is 2.29 bits per heavy atom. The third-order valence-corrected chi connectivity index (χ3v) is 4.05. The van der Waals surface area contributed by atoms with Crippen LogP contribution in [0.25, 0.3) is 10.9 Å². The largest absolute Gasteiger partial charge is 0.313 e. The molecule has 1 aromatic carbocycles. The number of aromatic nitrogens is 3. The van der Waals surface area contributed by atoms with Crippen LogP contribution >= 0.6 is 0 Å². The first-order valence-electron chi connectivity index (χ1n) is 7.56. The van der Waals surface area contributed by atoms with Gasteiger partial charge in [-0.3, -0.25) is 9.69 Å². The van der Waals surface area contributed by atoms with Crippen LogP contribution in [-0.2, 0) is 6.67 Å². The van der Waals surface area contributed by atoms with Gasteiger partial charge in [0.1, 0.15) is 5.52 Å². The van der Waals surface area contributed by atoms with Crippen molar-refractivity contribution < 1.29 is 0 Å². The molecule has 3 rings (SSSR count). The molecule has 0 bridgehead atoms. The van der Waals surface area contributed by atoms with Gasteiger partial charge in [-0.2, -0.15) is 4.68 Å². The van der Waals surface area contributed by atoms with Crippen molar-refractivity contribution in [2.75, 3.05) is 19.6 Å². The summed E-state index contributed by atoms with van der Waals surface area (Å²) in [6, 6.07) is 7.86. The van der Waals surface area contributed by atoms with E-state index in [9.17, 15) is 4.79 Å². The molecule has 21 heavy (non-hydrogen) atoms. The van der Waals surface area contributed by atoms with Crippen LogP contribution in [0.1, 0.15) is 19.8 Å². The number of hydrogen-bond donors (Lipinski definition) is 1. The van der Waals surface area contributed by atoms with E-state index in [0.717, 1.165) is 19.6 Å². The van der Waals surface area contributed by atoms with Crippen LogP contribution in [0.5, 0.6) is 0 Å². The van der Waals surface area contributed by atoms with Crippen LogP contribution in [0.3, 0.4) is 0 Å². The lowest BCUT2D eigenvalue weighted by molar-refractivity contribution is 0.193. The van der Waals surface area contributed by atoms with Crippen LogP contribution in [0.2, 0.25) is 0 Å². The predicted octanol–water partition coefficient (Wildman–Crippen LogP) is 0.823. The number of nitrogens with zero attached hydrogens (tertiary/aromatic N) is 4. The van der Waals surface area contributed by atoms with E-state index in [0.29, 0.717) is 23.6 Å². The van der Waals surface area contributed by atoms with E-state index in [-0.39, 0.29) is 5.56 Å². The van der Waals surface area contributed by atoms with E-state index in [1.807, 2.05) is 18.2 Å². The number of rotatable bonds is 5. The normalized spacial score (nSPS) is 18.7. The van der Waals surface area contributed by atoms with E-state index in [2.05, 4.69) is 27.5 Å². The Labute approximate surface area is 123 Å². The van der Waals surface area contributed by atoms with Gasteiger partial charge in [-0.25, -0.2) is 0 Å². The summed E-state index contributed by atoms with van der Waals surface area (Å²) < 4.78 is 1.46. The van der Waals surface area contributed by atoms with Crippen molar-refractivity contribution in [3.05, 3.63) is 34.6 Å². The molecule has 1 saturated heterocycles. The Bertz CT molecular complexity index is 662. The van der Waals surface area contributed by atoms with Gasteiger partial charge in [0.25, 0.3) is 5.56 Å². The Kier molecular flexibility index (Phi) is 4.26. The lowest BCUT2D eigenvalue weighted by atomic mass is 10.2. The molecule has 6 nitrogen and oxygen atoms in total. The highest BCUT2D eigenvalue weighted by molar-refractivity contribution is 5.76. The van der Waals surface area contributed by atoms with Gasteiger partial charge in [0.05, 0.1) is 12.1 Å². The van der Waals surface area contributed by atoms with Crippen molar-refractivity contribution in [2.45, 2.75) is 32.5 Å². The summed E-state index contributed by atoms with van der Waals surface area (Å²) in [5, 5.41) is 12.3. The molecule has 0 amide bonds. The quantitative estimate of drug-likeness (QED) is 0.882. The molecule has 1 unspecified atom stereocenters. The van der Waals surface area contributed by atoms with Gasteiger partial charge in [0, 0.05) is 12.6 Å². The maximum absolute atomic E-state index is 12.4. The van der Waals surface area contributed by atoms with E-state index < -0.39 is 0 Å². The fraction of sp³-hybridized carbons (Fsp3) is 0.533. The molecule has 6 heteroatoms. The molecule has 0 saturated carbocycles. The monoisotopic (exact) mass is 287 g/mol. The van der Waals surface area contributed by atoms with E-state index in [1.54, 1.807) is 6.07 Å². The zero-order valence-electron chi connectivity index (χ0n) is 12.3. The van der Waals surface area contributed by atoms with Crippen molar-refractivity contribution in [2.24, 2.45) is 0 Å². The minimum absolute atomic E-state index is 0.0709. The predicted molar refractivity (Wildman–Crippen MR) is 82.1 cm³/mol. The van der Waals surface area contributed by atoms with Crippen LogP contribution < -0.4 is 10.9 Å². The third-order valence-electron chi connectivity index (χ3n) is 4.05. The molecule has 1 aromatic heterocycles. The van der Waals surface area contributed by atoms with Gasteiger partial charge in [-0.15, -0.1) is 5.10 Å². The first-order valence-corrected chi connectivity index (χ1v) is 7.56. The van der Waals surface area contributed by atoms with Gasteiger partial charge in [0.2, 0.25) is 0 Å². The van der Waals surface area contributed by atoms with E-state index in [4.69, 9.17) is 0 Å². The average Bonchev–Trinajstić information content (AvgIpc) is 3.02. The fourth-order valence-corrected chi connectivity index (χ4v) is 2.82. The second-order valence-electron chi connectivity index (χ2n) is 5.52. The van der Waals surface area contributed by atoms with Gasteiger partial charge >= 0.3 is 0 Å². The lowest BCUT2D eigenvalue weighted by Crippen LogP contribution is -2.41. The molecule has 1 aliphatic heterocycles. The maximum Gasteiger partial charge on any atom is 0.278 e. The average molecular weight is 287 g/mol. The highest BCUT2D eigenvalue weighted by Gasteiger charge is 2.18. The summed E-state index contributed by atoms with van der Waals surface area (Å²) in [7, 11) is 0. The standard InChI is InChI=1S/C15H21N5O/c1-2-19(10-12-6-5-9-16-12)11-20-15(21)13-7-3-4-8-14(13)17-18-20/h3-4,7-8,12,16H,2,5-6,9-11H2,1H3. The van der Waals surface area contributed by atoms with E-state index in [1.165, 1.54) is 17.5 Å². The summed E-state index contributed by atoms with van der Waals surface area (Å²) in [6.45, 7) is 5.52. The molecular weight excluding hydrogens is 266 g/mol. The van der Waals surface area contributed by atoms with Crippen LogP contribution in [0.15, 0.2) is 29.1 Å². The number of hydrogen-bond acceptors (Lipinski definition) is 5. The second-order valence-corrected chi connectivity index (χ2v) is 5.52. The first kappa shape index (κ1) is 14.2. The third kappa shape index (κ3) is 3.11. The van der Waals surface area contributed by atoms with Crippen LogP contribution in [-0.4, -0.2) is 45.6 Å². The smallest absolute Gasteiger partial charge is 0.278 e. The fourth-order valence-electron chi connectivity index (χ4n) is 2.82. The Morgan fingerprint density at radius 3 is 3.05 bits per heavy atom. The molecule has 1 N–H and O–H groups in total. The SMILES string of the molecule is CCN(CC1CCCN1)Cn1nnc2ccccc2c1=O.